The van der Waals surface area contributed by atoms with Crippen LogP contribution >= 0.6 is 11.8 Å². The minimum Gasteiger partial charge on any atom is -0.398 e. The first kappa shape index (κ1) is 15.4. The van der Waals surface area contributed by atoms with Crippen molar-refractivity contribution in [3.8, 4) is 0 Å². The number of carbonyl (C=O) groups is 1. The van der Waals surface area contributed by atoms with E-state index < -0.39 is 0 Å². The molecule has 0 heterocycles. The minimum absolute atomic E-state index is 0.00576. The van der Waals surface area contributed by atoms with E-state index in [-0.39, 0.29) is 5.91 Å². The molecule has 2 rings (SSSR count). The maximum Gasteiger partial charge on any atom is 0.234 e. The van der Waals surface area contributed by atoms with Gasteiger partial charge in [-0.05, 0) is 50.1 Å². The van der Waals surface area contributed by atoms with Gasteiger partial charge in [-0.25, -0.2) is 0 Å². The van der Waals surface area contributed by atoms with E-state index in [0.717, 1.165) is 27.4 Å². The summed E-state index contributed by atoms with van der Waals surface area (Å²) in [5.74, 6) is 0.367. The summed E-state index contributed by atoms with van der Waals surface area (Å²) in [6.45, 7) is 6.01. The Balaban J connectivity index is 1.97. The van der Waals surface area contributed by atoms with Crippen molar-refractivity contribution in [2.75, 3.05) is 16.8 Å². The fourth-order valence-electron chi connectivity index (χ4n) is 2.07. The second-order valence-corrected chi connectivity index (χ2v) is 6.14. The predicted octanol–water partition coefficient (Wildman–Crippen LogP) is 3.92. The molecular weight excluding hydrogens is 280 g/mol. The molecule has 0 atom stereocenters. The Kier molecular flexibility index (Phi) is 4.91. The Morgan fingerprint density at radius 3 is 2.67 bits per heavy atom. The third kappa shape index (κ3) is 4.02. The molecule has 3 N–H and O–H groups in total. The van der Waals surface area contributed by atoms with Crippen molar-refractivity contribution < 1.29 is 4.79 Å². The molecule has 0 aliphatic carbocycles. The number of nitrogen functional groups attached to an aromatic ring is 1. The topological polar surface area (TPSA) is 55.1 Å². The molecule has 0 unspecified atom stereocenters. The number of benzene rings is 2. The molecule has 0 spiro atoms. The van der Waals surface area contributed by atoms with Gasteiger partial charge in [-0.2, -0.15) is 0 Å². The number of nitrogens with two attached hydrogens (primary N) is 1. The van der Waals surface area contributed by atoms with Crippen molar-refractivity contribution in [2.24, 2.45) is 0 Å². The van der Waals surface area contributed by atoms with Gasteiger partial charge in [0.25, 0.3) is 0 Å². The Hall–Kier alpha value is -1.94. The van der Waals surface area contributed by atoms with Gasteiger partial charge in [-0.3, -0.25) is 4.79 Å². The van der Waals surface area contributed by atoms with E-state index in [0.29, 0.717) is 5.75 Å². The molecule has 0 radical (unpaired) electrons. The lowest BCUT2D eigenvalue weighted by Gasteiger charge is -2.10. The van der Waals surface area contributed by atoms with Crippen molar-refractivity contribution in [3.05, 3.63) is 53.1 Å². The smallest absolute Gasteiger partial charge is 0.234 e. The highest BCUT2D eigenvalue weighted by Crippen LogP contribution is 2.26. The SMILES string of the molecule is Cc1ccc(NC(=O)CSc2cccc(N)c2C)c(C)c1. The van der Waals surface area contributed by atoms with Crippen LogP contribution in [0, 0.1) is 20.8 Å². The lowest BCUT2D eigenvalue weighted by Crippen LogP contribution is -2.15. The average molecular weight is 300 g/mol. The monoisotopic (exact) mass is 300 g/mol. The standard InChI is InChI=1S/C17H20N2OS/c1-11-7-8-15(12(2)9-11)19-17(20)10-21-16-6-4-5-14(18)13(16)3/h4-9H,10,18H2,1-3H3,(H,19,20). The molecule has 110 valence electrons. The number of carbonyl (C=O) groups excluding carboxylic acids is 1. The van der Waals surface area contributed by atoms with E-state index in [1.165, 1.54) is 17.3 Å². The van der Waals surface area contributed by atoms with Crippen LogP contribution in [0.15, 0.2) is 41.3 Å². The lowest BCUT2D eigenvalue weighted by atomic mass is 10.1. The van der Waals surface area contributed by atoms with Crippen molar-refractivity contribution in [2.45, 2.75) is 25.7 Å². The summed E-state index contributed by atoms with van der Waals surface area (Å²) in [6.07, 6.45) is 0. The highest BCUT2D eigenvalue weighted by atomic mass is 32.2. The molecule has 0 aliphatic heterocycles. The van der Waals surface area contributed by atoms with Gasteiger partial charge in [0.05, 0.1) is 5.75 Å². The van der Waals surface area contributed by atoms with Crippen molar-refractivity contribution in [1.29, 1.82) is 0 Å². The maximum absolute atomic E-state index is 12.1. The molecule has 0 aliphatic rings. The van der Waals surface area contributed by atoms with E-state index in [1.54, 1.807) is 0 Å². The molecule has 0 bridgehead atoms. The van der Waals surface area contributed by atoms with Crippen LogP contribution in [0.4, 0.5) is 11.4 Å². The fourth-order valence-corrected chi connectivity index (χ4v) is 2.94. The molecule has 0 aromatic heterocycles. The van der Waals surface area contributed by atoms with Gasteiger partial charge in [0.15, 0.2) is 0 Å². The molecule has 0 saturated heterocycles. The number of aryl methyl sites for hydroxylation is 2. The highest BCUT2D eigenvalue weighted by Gasteiger charge is 2.08. The molecule has 1 amide bonds. The van der Waals surface area contributed by atoms with Crippen LogP contribution in [-0.2, 0) is 4.79 Å². The summed E-state index contributed by atoms with van der Waals surface area (Å²) >= 11 is 1.51. The molecule has 3 nitrogen and oxygen atoms in total. The minimum atomic E-state index is -0.00576. The van der Waals surface area contributed by atoms with E-state index in [4.69, 9.17) is 5.73 Å². The Morgan fingerprint density at radius 2 is 1.95 bits per heavy atom. The zero-order valence-electron chi connectivity index (χ0n) is 12.6. The maximum atomic E-state index is 12.1. The Labute approximate surface area is 129 Å². The third-order valence-corrected chi connectivity index (χ3v) is 4.50. The van der Waals surface area contributed by atoms with Gasteiger partial charge in [0, 0.05) is 16.3 Å². The molecule has 4 heteroatoms. The quantitative estimate of drug-likeness (QED) is 0.664. The van der Waals surface area contributed by atoms with E-state index in [2.05, 4.69) is 11.4 Å². The summed E-state index contributed by atoms with van der Waals surface area (Å²) < 4.78 is 0. The van der Waals surface area contributed by atoms with Gasteiger partial charge in [0.2, 0.25) is 5.91 Å². The number of thioether (sulfide) groups is 1. The molecule has 2 aromatic rings. The third-order valence-electron chi connectivity index (χ3n) is 3.34. The zero-order chi connectivity index (χ0) is 15.4. The zero-order valence-corrected chi connectivity index (χ0v) is 13.4. The average Bonchev–Trinajstić information content (AvgIpc) is 2.43. The largest absolute Gasteiger partial charge is 0.398 e. The molecule has 21 heavy (non-hydrogen) atoms. The van der Waals surface area contributed by atoms with Crippen molar-refractivity contribution in [3.63, 3.8) is 0 Å². The first-order valence-corrected chi connectivity index (χ1v) is 7.81. The van der Waals surface area contributed by atoms with Crippen LogP contribution in [0.25, 0.3) is 0 Å². The van der Waals surface area contributed by atoms with Crippen LogP contribution in [-0.4, -0.2) is 11.7 Å². The Morgan fingerprint density at radius 1 is 1.19 bits per heavy atom. The number of hydrogen-bond acceptors (Lipinski definition) is 3. The van der Waals surface area contributed by atoms with Crippen LogP contribution < -0.4 is 11.1 Å². The van der Waals surface area contributed by atoms with Crippen molar-refractivity contribution >= 4 is 29.0 Å². The second kappa shape index (κ2) is 6.68. The number of rotatable bonds is 4. The number of hydrogen-bond donors (Lipinski definition) is 2. The summed E-state index contributed by atoms with van der Waals surface area (Å²) in [4.78, 5) is 13.1. The van der Waals surface area contributed by atoms with Crippen LogP contribution in [0.3, 0.4) is 0 Å². The number of nitrogens with one attached hydrogen (secondary N) is 1. The summed E-state index contributed by atoms with van der Waals surface area (Å²) in [7, 11) is 0. The fraction of sp³-hybridized carbons (Fsp3) is 0.235. The normalized spacial score (nSPS) is 10.4. The first-order valence-electron chi connectivity index (χ1n) is 6.82. The second-order valence-electron chi connectivity index (χ2n) is 5.13. The first-order chi connectivity index (χ1) is 9.97. The number of amides is 1. The highest BCUT2D eigenvalue weighted by molar-refractivity contribution is 8.00. The van der Waals surface area contributed by atoms with Crippen molar-refractivity contribution in [1.82, 2.24) is 0 Å². The summed E-state index contributed by atoms with van der Waals surface area (Å²) in [6, 6.07) is 11.8. The van der Waals surface area contributed by atoms with Crippen LogP contribution in [0.5, 0.6) is 0 Å². The van der Waals surface area contributed by atoms with E-state index in [1.807, 2.05) is 51.1 Å². The predicted molar refractivity (Wildman–Crippen MR) is 90.9 cm³/mol. The van der Waals surface area contributed by atoms with E-state index in [9.17, 15) is 4.79 Å². The lowest BCUT2D eigenvalue weighted by molar-refractivity contribution is -0.113. The van der Waals surface area contributed by atoms with Crippen LogP contribution in [0.1, 0.15) is 16.7 Å². The molecule has 0 saturated carbocycles. The van der Waals surface area contributed by atoms with Crippen LogP contribution in [0.2, 0.25) is 0 Å². The summed E-state index contributed by atoms with van der Waals surface area (Å²) in [5.41, 5.74) is 10.8. The number of anilines is 2. The summed E-state index contributed by atoms with van der Waals surface area (Å²) in [5, 5.41) is 2.95. The van der Waals surface area contributed by atoms with E-state index >= 15 is 0 Å². The molecule has 0 fully saturated rings. The van der Waals surface area contributed by atoms with Gasteiger partial charge < -0.3 is 11.1 Å². The molecular formula is C17H20N2OS. The van der Waals surface area contributed by atoms with Gasteiger partial charge in [0.1, 0.15) is 0 Å². The van der Waals surface area contributed by atoms with Gasteiger partial charge in [-0.15, -0.1) is 11.8 Å². The molecule has 2 aromatic carbocycles. The van der Waals surface area contributed by atoms with Gasteiger partial charge >= 0.3 is 0 Å². The van der Waals surface area contributed by atoms with Gasteiger partial charge in [-0.1, -0.05) is 23.8 Å². The Bertz CT molecular complexity index is 668.